The van der Waals surface area contributed by atoms with E-state index < -0.39 is 5.97 Å². The lowest BCUT2D eigenvalue weighted by molar-refractivity contribution is -0.156. The fourth-order valence-corrected chi connectivity index (χ4v) is 7.45. The van der Waals surface area contributed by atoms with Crippen LogP contribution < -0.4 is 5.32 Å². The van der Waals surface area contributed by atoms with E-state index in [1.165, 1.54) is 0 Å². The molecule has 134 valence electrons. The molecule has 1 saturated heterocycles. The van der Waals surface area contributed by atoms with E-state index in [4.69, 9.17) is 0 Å². The standard InChI is InChI=1S/C20H31NO3/c1-11-10-15-20(3,9-7-16(22)21-15)13-6-8-19(2)12(17(11)13)4-5-14(19)18(23)24/h11-15,17H,4-10H2,1-3H3,(H,21,22)(H,23,24)/t11-,12-,13-,14+,15+,17-,19-,20+/m0/s1. The Balaban J connectivity index is 1.67. The number of carbonyl (C=O) groups excluding carboxylic acids is 1. The highest BCUT2D eigenvalue weighted by molar-refractivity contribution is 5.77. The summed E-state index contributed by atoms with van der Waals surface area (Å²) in [7, 11) is 0. The van der Waals surface area contributed by atoms with Crippen LogP contribution in [0.3, 0.4) is 0 Å². The van der Waals surface area contributed by atoms with Crippen molar-refractivity contribution in [2.75, 3.05) is 0 Å². The van der Waals surface area contributed by atoms with Gasteiger partial charge >= 0.3 is 5.97 Å². The van der Waals surface area contributed by atoms with Crippen molar-refractivity contribution in [3.05, 3.63) is 0 Å². The van der Waals surface area contributed by atoms with Crippen molar-refractivity contribution in [2.24, 2.45) is 40.4 Å². The monoisotopic (exact) mass is 333 g/mol. The van der Waals surface area contributed by atoms with Crippen LogP contribution in [0.4, 0.5) is 0 Å². The zero-order chi connectivity index (χ0) is 17.3. The summed E-state index contributed by atoms with van der Waals surface area (Å²) in [6.45, 7) is 6.99. The minimum absolute atomic E-state index is 0.0254. The molecule has 24 heavy (non-hydrogen) atoms. The molecule has 4 heteroatoms. The van der Waals surface area contributed by atoms with Gasteiger partial charge in [-0.05, 0) is 73.0 Å². The van der Waals surface area contributed by atoms with Gasteiger partial charge in [0.25, 0.3) is 0 Å². The Morgan fingerprint density at radius 3 is 2.54 bits per heavy atom. The highest BCUT2D eigenvalue weighted by Crippen LogP contribution is 2.66. The normalized spacial score (nSPS) is 53.5. The molecule has 2 N–H and O–H groups in total. The summed E-state index contributed by atoms with van der Waals surface area (Å²) in [5.74, 6) is 1.85. The molecule has 1 heterocycles. The summed E-state index contributed by atoms with van der Waals surface area (Å²) < 4.78 is 0. The number of piperidine rings is 1. The summed E-state index contributed by atoms with van der Waals surface area (Å²) in [6.07, 6.45) is 6.82. The average molecular weight is 333 g/mol. The van der Waals surface area contributed by atoms with Gasteiger partial charge in [0.2, 0.25) is 5.91 Å². The number of hydrogen-bond donors (Lipinski definition) is 2. The van der Waals surface area contributed by atoms with E-state index in [1.807, 2.05) is 0 Å². The SMILES string of the molecule is C[C@H]1C[C@H]2NC(=O)CC[C@]2(C)[C@H]2CC[C@]3(C)[C@@H](C(=O)O)CC[C@H]3[C@H]12. The first-order valence-corrected chi connectivity index (χ1v) is 9.79. The molecule has 0 unspecified atom stereocenters. The number of nitrogens with one attached hydrogen (secondary N) is 1. The maximum absolute atomic E-state index is 11.9. The lowest BCUT2D eigenvalue weighted by Gasteiger charge is -2.62. The van der Waals surface area contributed by atoms with Crippen LogP contribution in [0.1, 0.15) is 65.7 Å². The van der Waals surface area contributed by atoms with E-state index in [0.29, 0.717) is 36.1 Å². The number of aliphatic carboxylic acids is 1. The average Bonchev–Trinajstić information content (AvgIpc) is 2.86. The number of fused-ring (bicyclic) bond motifs is 5. The minimum atomic E-state index is -0.587. The van der Waals surface area contributed by atoms with Gasteiger partial charge in [-0.3, -0.25) is 9.59 Å². The first kappa shape index (κ1) is 16.4. The Kier molecular flexibility index (Phi) is 3.57. The molecule has 1 aliphatic heterocycles. The van der Waals surface area contributed by atoms with Crippen molar-refractivity contribution in [3.63, 3.8) is 0 Å². The summed E-state index contributed by atoms with van der Waals surface area (Å²) in [4.78, 5) is 23.7. The first-order valence-electron chi connectivity index (χ1n) is 9.79. The van der Waals surface area contributed by atoms with Crippen molar-refractivity contribution in [2.45, 2.75) is 71.8 Å². The molecule has 4 fully saturated rings. The second-order valence-electron chi connectivity index (χ2n) is 9.64. The molecule has 0 aromatic rings. The Morgan fingerprint density at radius 1 is 1.12 bits per heavy atom. The second kappa shape index (κ2) is 5.22. The number of amides is 1. The highest BCUT2D eigenvalue weighted by Gasteiger charge is 2.63. The zero-order valence-electron chi connectivity index (χ0n) is 15.2. The van der Waals surface area contributed by atoms with Gasteiger partial charge in [0.15, 0.2) is 0 Å². The van der Waals surface area contributed by atoms with E-state index in [1.54, 1.807) is 0 Å². The molecule has 0 aromatic carbocycles. The molecule has 3 aliphatic carbocycles. The van der Waals surface area contributed by atoms with Gasteiger partial charge in [-0.15, -0.1) is 0 Å². The van der Waals surface area contributed by atoms with E-state index in [9.17, 15) is 14.7 Å². The Morgan fingerprint density at radius 2 is 1.83 bits per heavy atom. The number of hydrogen-bond acceptors (Lipinski definition) is 2. The molecule has 1 amide bonds. The molecule has 0 bridgehead atoms. The van der Waals surface area contributed by atoms with Gasteiger partial charge in [-0.2, -0.15) is 0 Å². The van der Waals surface area contributed by atoms with Crippen LogP contribution >= 0.6 is 0 Å². The predicted octanol–water partition coefficient (Wildman–Crippen LogP) is 3.45. The van der Waals surface area contributed by atoms with Crippen molar-refractivity contribution < 1.29 is 14.7 Å². The molecule has 3 saturated carbocycles. The van der Waals surface area contributed by atoms with Crippen molar-refractivity contribution in [1.82, 2.24) is 5.32 Å². The summed E-state index contributed by atoms with van der Waals surface area (Å²) >= 11 is 0. The molecular formula is C20H31NO3. The van der Waals surface area contributed by atoms with Crippen LogP contribution in [0, 0.1) is 40.4 Å². The molecule has 0 aromatic heterocycles. The van der Waals surface area contributed by atoms with Crippen LogP contribution in [-0.4, -0.2) is 23.0 Å². The predicted molar refractivity (Wildman–Crippen MR) is 91.2 cm³/mol. The largest absolute Gasteiger partial charge is 0.481 e. The molecule has 8 atom stereocenters. The Bertz CT molecular complexity index is 575. The minimum Gasteiger partial charge on any atom is -0.481 e. The van der Waals surface area contributed by atoms with E-state index in [-0.39, 0.29) is 22.7 Å². The molecule has 4 aliphatic rings. The van der Waals surface area contributed by atoms with Crippen molar-refractivity contribution in [3.8, 4) is 0 Å². The van der Waals surface area contributed by atoms with Crippen LogP contribution in [0.5, 0.6) is 0 Å². The first-order chi connectivity index (χ1) is 11.3. The lowest BCUT2D eigenvalue weighted by atomic mass is 9.45. The molecule has 0 spiro atoms. The maximum atomic E-state index is 11.9. The van der Waals surface area contributed by atoms with Crippen molar-refractivity contribution >= 4 is 11.9 Å². The molecule has 4 nitrogen and oxygen atoms in total. The van der Waals surface area contributed by atoms with Gasteiger partial charge in [-0.25, -0.2) is 0 Å². The van der Waals surface area contributed by atoms with Gasteiger partial charge in [0.1, 0.15) is 0 Å². The third-order valence-electron chi connectivity index (χ3n) is 8.76. The van der Waals surface area contributed by atoms with Crippen LogP contribution in [0.15, 0.2) is 0 Å². The van der Waals surface area contributed by atoms with Gasteiger partial charge in [-0.1, -0.05) is 20.8 Å². The van der Waals surface area contributed by atoms with Crippen molar-refractivity contribution in [1.29, 1.82) is 0 Å². The third kappa shape index (κ3) is 2.04. The van der Waals surface area contributed by atoms with Gasteiger partial charge < -0.3 is 10.4 Å². The number of carboxylic acid groups (broad SMARTS) is 1. The van der Waals surface area contributed by atoms with Crippen LogP contribution in [0.25, 0.3) is 0 Å². The highest BCUT2D eigenvalue weighted by atomic mass is 16.4. The number of carbonyl (C=O) groups is 2. The van der Waals surface area contributed by atoms with Gasteiger partial charge in [0, 0.05) is 12.5 Å². The zero-order valence-corrected chi connectivity index (χ0v) is 15.2. The summed E-state index contributed by atoms with van der Waals surface area (Å²) in [5.41, 5.74) is 0.177. The van der Waals surface area contributed by atoms with E-state index >= 15 is 0 Å². The number of carboxylic acids is 1. The molecule has 0 radical (unpaired) electrons. The maximum Gasteiger partial charge on any atom is 0.307 e. The fraction of sp³-hybridized carbons (Fsp3) is 0.900. The fourth-order valence-electron chi connectivity index (χ4n) is 7.45. The quantitative estimate of drug-likeness (QED) is 0.772. The summed E-state index contributed by atoms with van der Waals surface area (Å²) in [6, 6.07) is 0.316. The van der Waals surface area contributed by atoms with E-state index in [2.05, 4.69) is 26.1 Å². The van der Waals surface area contributed by atoms with Crippen LogP contribution in [-0.2, 0) is 9.59 Å². The Labute approximate surface area is 144 Å². The summed E-state index contributed by atoms with van der Waals surface area (Å²) in [5, 5.41) is 13.0. The third-order valence-corrected chi connectivity index (χ3v) is 8.76. The van der Waals surface area contributed by atoms with Gasteiger partial charge in [0.05, 0.1) is 5.92 Å². The number of rotatable bonds is 1. The second-order valence-corrected chi connectivity index (χ2v) is 9.64. The Hall–Kier alpha value is -1.06. The van der Waals surface area contributed by atoms with E-state index in [0.717, 1.165) is 38.5 Å². The topological polar surface area (TPSA) is 66.4 Å². The molecule has 4 rings (SSSR count). The smallest absolute Gasteiger partial charge is 0.307 e. The van der Waals surface area contributed by atoms with Crippen LogP contribution in [0.2, 0.25) is 0 Å². The molecular weight excluding hydrogens is 302 g/mol. The lowest BCUT2D eigenvalue weighted by Crippen LogP contribution is -2.63.